The van der Waals surface area contributed by atoms with E-state index >= 15 is 0 Å². The summed E-state index contributed by atoms with van der Waals surface area (Å²) in [5.74, 6) is 0.0650. The minimum atomic E-state index is -0.290. The van der Waals surface area contributed by atoms with E-state index in [2.05, 4.69) is 33.0 Å². The molecule has 0 aliphatic carbocycles. The van der Waals surface area contributed by atoms with Crippen molar-refractivity contribution in [1.29, 1.82) is 0 Å². The number of aromatic nitrogens is 4. The first-order valence-electron chi connectivity index (χ1n) is 11.5. The number of hydrogen-bond acceptors (Lipinski definition) is 5. The fourth-order valence-electron chi connectivity index (χ4n) is 4.25. The quantitative estimate of drug-likeness (QED) is 0.364. The van der Waals surface area contributed by atoms with Gasteiger partial charge in [-0.1, -0.05) is 36.6 Å². The third-order valence-electron chi connectivity index (χ3n) is 5.94. The molecule has 182 valence electrons. The van der Waals surface area contributed by atoms with Crippen LogP contribution in [0.25, 0.3) is 16.6 Å². The van der Waals surface area contributed by atoms with Crippen molar-refractivity contribution >= 4 is 34.4 Å². The summed E-state index contributed by atoms with van der Waals surface area (Å²) in [5.41, 5.74) is 5.10. The van der Waals surface area contributed by atoms with Crippen LogP contribution in [-0.4, -0.2) is 38.3 Å². The summed E-state index contributed by atoms with van der Waals surface area (Å²) in [6, 6.07) is 11.3. The SMILES string of the molecule is CCCc1c(CC(=O)OC)c2cc(C)ccc2n1CNC(=O)c1ccc(-n2cnc(C)n2)cc1Cl. The molecule has 0 atom stereocenters. The van der Waals surface area contributed by atoms with Gasteiger partial charge in [0.15, 0.2) is 0 Å². The van der Waals surface area contributed by atoms with Gasteiger partial charge in [-0.3, -0.25) is 9.59 Å². The number of ether oxygens (including phenoxy) is 1. The van der Waals surface area contributed by atoms with E-state index < -0.39 is 0 Å². The Morgan fingerprint density at radius 3 is 2.60 bits per heavy atom. The topological polar surface area (TPSA) is 91.0 Å². The minimum absolute atomic E-state index is 0.182. The second kappa shape index (κ2) is 10.3. The Morgan fingerprint density at radius 2 is 1.94 bits per heavy atom. The Bertz CT molecular complexity index is 1410. The van der Waals surface area contributed by atoms with Gasteiger partial charge in [0.25, 0.3) is 5.91 Å². The van der Waals surface area contributed by atoms with Gasteiger partial charge >= 0.3 is 5.97 Å². The maximum Gasteiger partial charge on any atom is 0.310 e. The first-order valence-corrected chi connectivity index (χ1v) is 11.8. The van der Waals surface area contributed by atoms with Gasteiger partial charge in [0, 0.05) is 11.1 Å². The van der Waals surface area contributed by atoms with E-state index in [1.54, 1.807) is 36.1 Å². The number of nitrogens with one attached hydrogen (secondary N) is 1. The van der Waals surface area contributed by atoms with Crippen LogP contribution >= 0.6 is 11.6 Å². The maximum atomic E-state index is 13.1. The molecule has 2 aromatic heterocycles. The number of hydrogen-bond donors (Lipinski definition) is 1. The van der Waals surface area contributed by atoms with Crippen molar-refractivity contribution in [2.24, 2.45) is 0 Å². The summed E-state index contributed by atoms with van der Waals surface area (Å²) in [7, 11) is 1.39. The summed E-state index contributed by atoms with van der Waals surface area (Å²) >= 11 is 6.45. The van der Waals surface area contributed by atoms with Crippen molar-refractivity contribution in [3.63, 3.8) is 0 Å². The zero-order valence-corrected chi connectivity index (χ0v) is 21.0. The van der Waals surface area contributed by atoms with Crippen molar-refractivity contribution in [3.05, 3.63) is 76.0 Å². The van der Waals surface area contributed by atoms with Gasteiger partial charge in [-0.25, -0.2) is 9.67 Å². The van der Waals surface area contributed by atoms with Crippen molar-refractivity contribution in [1.82, 2.24) is 24.6 Å². The highest BCUT2D eigenvalue weighted by Gasteiger charge is 2.20. The van der Waals surface area contributed by atoms with E-state index in [0.717, 1.165) is 46.3 Å². The number of amides is 1. The second-order valence-electron chi connectivity index (χ2n) is 8.44. The molecule has 9 heteroatoms. The van der Waals surface area contributed by atoms with Crippen LogP contribution in [0, 0.1) is 13.8 Å². The molecule has 2 heterocycles. The van der Waals surface area contributed by atoms with Crippen molar-refractivity contribution in [2.45, 2.75) is 46.7 Å². The Labute approximate surface area is 208 Å². The smallest absolute Gasteiger partial charge is 0.310 e. The van der Waals surface area contributed by atoms with Crippen molar-refractivity contribution in [2.75, 3.05) is 7.11 Å². The number of methoxy groups -OCH3 is 1. The number of rotatable bonds is 8. The van der Waals surface area contributed by atoms with E-state index in [9.17, 15) is 9.59 Å². The van der Waals surface area contributed by atoms with Gasteiger partial charge in [-0.15, -0.1) is 0 Å². The molecule has 0 aliphatic rings. The van der Waals surface area contributed by atoms with Crippen LogP contribution in [0.3, 0.4) is 0 Å². The van der Waals surface area contributed by atoms with E-state index in [1.807, 2.05) is 19.1 Å². The lowest BCUT2D eigenvalue weighted by molar-refractivity contribution is -0.139. The van der Waals surface area contributed by atoms with Crippen LogP contribution in [0.5, 0.6) is 0 Å². The lowest BCUT2D eigenvalue weighted by Gasteiger charge is -2.14. The molecule has 0 spiro atoms. The molecule has 8 nitrogen and oxygen atoms in total. The van der Waals surface area contributed by atoms with E-state index in [4.69, 9.17) is 16.3 Å². The van der Waals surface area contributed by atoms with Gasteiger partial charge in [-0.2, -0.15) is 5.10 Å². The lowest BCUT2D eigenvalue weighted by Crippen LogP contribution is -2.27. The largest absolute Gasteiger partial charge is 0.469 e. The predicted molar refractivity (Wildman–Crippen MR) is 135 cm³/mol. The van der Waals surface area contributed by atoms with E-state index in [0.29, 0.717) is 16.4 Å². The van der Waals surface area contributed by atoms with Crippen LogP contribution < -0.4 is 5.32 Å². The summed E-state index contributed by atoms with van der Waals surface area (Å²) in [6.45, 7) is 6.16. The molecule has 0 radical (unpaired) electrons. The monoisotopic (exact) mass is 493 g/mol. The maximum absolute atomic E-state index is 13.1. The average molecular weight is 494 g/mol. The number of esters is 1. The number of aryl methyl sites for hydroxylation is 2. The van der Waals surface area contributed by atoms with E-state index in [-0.39, 0.29) is 25.0 Å². The molecule has 0 unspecified atom stereocenters. The molecule has 0 bridgehead atoms. The molecule has 0 saturated carbocycles. The lowest BCUT2D eigenvalue weighted by atomic mass is 10.0. The Kier molecular flexibility index (Phi) is 7.21. The van der Waals surface area contributed by atoms with Crippen molar-refractivity contribution < 1.29 is 14.3 Å². The first kappa shape index (κ1) is 24.5. The summed E-state index contributed by atoms with van der Waals surface area (Å²) in [5, 5.41) is 8.59. The number of fused-ring (bicyclic) bond motifs is 1. The molecule has 0 saturated heterocycles. The predicted octanol–water partition coefficient (Wildman–Crippen LogP) is 4.55. The molecule has 2 aromatic carbocycles. The zero-order valence-electron chi connectivity index (χ0n) is 20.3. The molecule has 1 N–H and O–H groups in total. The van der Waals surface area contributed by atoms with Gasteiger partial charge in [0.1, 0.15) is 12.2 Å². The molecule has 1 amide bonds. The molecule has 35 heavy (non-hydrogen) atoms. The van der Waals surface area contributed by atoms with Crippen LogP contribution in [-0.2, 0) is 29.0 Å². The molecular weight excluding hydrogens is 466 g/mol. The van der Waals surface area contributed by atoms with Gasteiger partial charge in [0.2, 0.25) is 0 Å². The van der Waals surface area contributed by atoms with Gasteiger partial charge < -0.3 is 14.6 Å². The van der Waals surface area contributed by atoms with Crippen LogP contribution in [0.1, 0.15) is 46.3 Å². The highest BCUT2D eigenvalue weighted by atomic mass is 35.5. The summed E-state index contributed by atoms with van der Waals surface area (Å²) < 4.78 is 8.62. The molecule has 4 aromatic rings. The third kappa shape index (κ3) is 5.07. The average Bonchev–Trinajstić information content (AvgIpc) is 3.39. The Balaban J connectivity index is 1.64. The number of carbonyl (C=O) groups is 2. The molecule has 4 rings (SSSR count). The molecule has 0 fully saturated rings. The fraction of sp³-hybridized carbons (Fsp3) is 0.308. The second-order valence-corrected chi connectivity index (χ2v) is 8.85. The third-order valence-corrected chi connectivity index (χ3v) is 6.26. The number of carbonyl (C=O) groups excluding carboxylic acids is 2. The normalized spacial score (nSPS) is 11.1. The number of halogens is 1. The first-order chi connectivity index (χ1) is 16.8. The van der Waals surface area contributed by atoms with Gasteiger partial charge in [0.05, 0.1) is 42.0 Å². The summed E-state index contributed by atoms with van der Waals surface area (Å²) in [6.07, 6.45) is 3.44. The minimum Gasteiger partial charge on any atom is -0.469 e. The standard InChI is InChI=1S/C26H28ClN5O3/c1-5-6-23-21(13-25(33)35-4)20-11-16(2)7-10-24(20)31(23)14-29-26(34)19-9-8-18(12-22(19)27)32-15-28-17(3)30-32/h7-12,15H,5-6,13-14H2,1-4H3,(H,29,34). The van der Waals surface area contributed by atoms with E-state index in [1.165, 1.54) is 7.11 Å². The van der Waals surface area contributed by atoms with Crippen LogP contribution in [0.15, 0.2) is 42.7 Å². The van der Waals surface area contributed by atoms with Crippen molar-refractivity contribution in [3.8, 4) is 5.69 Å². The zero-order chi connectivity index (χ0) is 25.1. The summed E-state index contributed by atoms with van der Waals surface area (Å²) in [4.78, 5) is 29.4. The molecular formula is C26H28ClN5O3. The van der Waals surface area contributed by atoms with Crippen LogP contribution in [0.2, 0.25) is 5.02 Å². The molecule has 0 aliphatic heterocycles. The Morgan fingerprint density at radius 1 is 1.14 bits per heavy atom. The highest BCUT2D eigenvalue weighted by Crippen LogP contribution is 2.29. The fourth-order valence-corrected chi connectivity index (χ4v) is 4.52. The van der Waals surface area contributed by atoms with Gasteiger partial charge in [-0.05, 0) is 56.2 Å². The van der Waals surface area contributed by atoms with Crippen LogP contribution in [0.4, 0.5) is 0 Å². The Hall–Kier alpha value is -3.65. The number of nitrogens with zero attached hydrogens (tertiary/aromatic N) is 4. The number of benzene rings is 2. The highest BCUT2D eigenvalue weighted by molar-refractivity contribution is 6.34.